The van der Waals surface area contributed by atoms with Crippen LogP contribution in [0.1, 0.15) is 41.3 Å². The highest BCUT2D eigenvalue weighted by molar-refractivity contribution is 7.89. The topological polar surface area (TPSA) is 85.3 Å². The zero-order valence-corrected chi connectivity index (χ0v) is 14.0. The van der Waals surface area contributed by atoms with E-state index < -0.39 is 10.0 Å². The standard InChI is InChI=1S/C14H20N2O3S2/c1-4-12(13-6-5-7-20-13)16-21(17,18)14-10(3)19-9(2)11(14)8-15/h5-7,12,16H,4,8,15H2,1-3H3. The monoisotopic (exact) mass is 328 g/mol. The molecule has 7 heteroatoms. The molecule has 0 aliphatic carbocycles. The Morgan fingerprint density at radius 2 is 2.10 bits per heavy atom. The van der Waals surface area contributed by atoms with Crippen LogP contribution in [0.25, 0.3) is 0 Å². The second-order valence-electron chi connectivity index (χ2n) is 4.82. The van der Waals surface area contributed by atoms with Crippen LogP contribution in [0.5, 0.6) is 0 Å². The van der Waals surface area contributed by atoms with E-state index in [9.17, 15) is 8.42 Å². The van der Waals surface area contributed by atoms with Crippen LogP contribution in [0.4, 0.5) is 0 Å². The van der Waals surface area contributed by atoms with Gasteiger partial charge in [-0.2, -0.15) is 0 Å². The number of thiophene rings is 1. The van der Waals surface area contributed by atoms with Crippen LogP contribution in [-0.4, -0.2) is 8.42 Å². The molecule has 0 radical (unpaired) electrons. The quantitative estimate of drug-likeness (QED) is 0.854. The molecule has 0 aromatic carbocycles. The fourth-order valence-corrected chi connectivity index (χ4v) is 5.07. The molecular weight excluding hydrogens is 308 g/mol. The molecule has 0 fully saturated rings. The van der Waals surface area contributed by atoms with Gasteiger partial charge in [0.05, 0.1) is 6.04 Å². The van der Waals surface area contributed by atoms with Gasteiger partial charge in [0.2, 0.25) is 10.0 Å². The molecule has 1 atom stereocenters. The molecule has 0 aliphatic heterocycles. The van der Waals surface area contributed by atoms with Gasteiger partial charge in [-0.1, -0.05) is 13.0 Å². The predicted octanol–water partition coefficient (Wildman–Crippen LogP) is 2.85. The molecule has 0 bridgehead atoms. The molecule has 1 unspecified atom stereocenters. The Hall–Kier alpha value is -1.15. The average Bonchev–Trinajstić information content (AvgIpc) is 3.03. The van der Waals surface area contributed by atoms with Crippen molar-refractivity contribution in [2.75, 3.05) is 0 Å². The third kappa shape index (κ3) is 3.21. The van der Waals surface area contributed by atoms with Crippen LogP contribution in [0.3, 0.4) is 0 Å². The van der Waals surface area contributed by atoms with Gasteiger partial charge in [-0.05, 0) is 31.7 Å². The van der Waals surface area contributed by atoms with Crippen molar-refractivity contribution in [2.45, 2.75) is 44.7 Å². The second-order valence-corrected chi connectivity index (χ2v) is 7.45. The van der Waals surface area contributed by atoms with E-state index >= 15 is 0 Å². The third-order valence-electron chi connectivity index (χ3n) is 3.39. The molecule has 2 rings (SSSR count). The maximum Gasteiger partial charge on any atom is 0.244 e. The Labute approximate surface area is 129 Å². The van der Waals surface area contributed by atoms with Crippen molar-refractivity contribution in [3.05, 3.63) is 39.5 Å². The lowest BCUT2D eigenvalue weighted by Gasteiger charge is -2.16. The zero-order chi connectivity index (χ0) is 15.6. The van der Waals surface area contributed by atoms with E-state index in [0.29, 0.717) is 23.5 Å². The molecule has 0 amide bonds. The van der Waals surface area contributed by atoms with Crippen molar-refractivity contribution in [3.8, 4) is 0 Å². The van der Waals surface area contributed by atoms with Gasteiger partial charge in [-0.3, -0.25) is 0 Å². The lowest BCUT2D eigenvalue weighted by Crippen LogP contribution is -2.29. The number of furan rings is 1. The number of sulfonamides is 1. The fourth-order valence-electron chi connectivity index (χ4n) is 2.38. The van der Waals surface area contributed by atoms with E-state index in [-0.39, 0.29) is 17.5 Å². The van der Waals surface area contributed by atoms with Crippen molar-refractivity contribution in [3.63, 3.8) is 0 Å². The molecule has 0 aliphatic rings. The molecule has 0 saturated heterocycles. The highest BCUT2D eigenvalue weighted by atomic mass is 32.2. The molecule has 2 aromatic heterocycles. The number of nitrogens with two attached hydrogens (primary N) is 1. The molecular formula is C14H20N2O3S2. The summed E-state index contributed by atoms with van der Waals surface area (Å²) in [5, 5.41) is 1.94. The van der Waals surface area contributed by atoms with Crippen molar-refractivity contribution >= 4 is 21.4 Å². The second kappa shape index (κ2) is 6.31. The molecule has 2 aromatic rings. The molecule has 0 spiro atoms. The van der Waals surface area contributed by atoms with E-state index in [1.807, 2.05) is 24.4 Å². The van der Waals surface area contributed by atoms with Gasteiger partial charge in [0.15, 0.2) is 0 Å². The Kier molecular flexibility index (Phi) is 4.88. The van der Waals surface area contributed by atoms with Gasteiger partial charge in [0.25, 0.3) is 0 Å². The van der Waals surface area contributed by atoms with Crippen LogP contribution in [0.2, 0.25) is 0 Å². The summed E-state index contributed by atoms with van der Waals surface area (Å²) in [5.74, 6) is 0.932. The van der Waals surface area contributed by atoms with Crippen molar-refractivity contribution in [1.29, 1.82) is 0 Å². The maximum absolute atomic E-state index is 12.7. The van der Waals surface area contributed by atoms with Crippen LogP contribution in [-0.2, 0) is 16.6 Å². The summed E-state index contributed by atoms with van der Waals surface area (Å²) in [6, 6.07) is 3.60. The first kappa shape index (κ1) is 16.2. The summed E-state index contributed by atoms with van der Waals surface area (Å²) < 4.78 is 33.6. The number of rotatable bonds is 6. The first-order chi connectivity index (χ1) is 9.90. The SMILES string of the molecule is CCC(NS(=O)(=O)c1c(C)oc(C)c1CN)c1cccs1. The van der Waals surface area contributed by atoms with Crippen LogP contribution in [0.15, 0.2) is 26.8 Å². The third-order valence-corrected chi connectivity index (χ3v) is 6.04. The fraction of sp³-hybridized carbons (Fsp3) is 0.429. The Balaban J connectivity index is 2.39. The number of hydrogen-bond donors (Lipinski definition) is 2. The number of aryl methyl sites for hydroxylation is 2. The lowest BCUT2D eigenvalue weighted by molar-refractivity contribution is 0.493. The minimum atomic E-state index is -3.67. The van der Waals surface area contributed by atoms with Crippen LogP contribution in [0, 0.1) is 13.8 Å². The predicted molar refractivity (Wildman–Crippen MR) is 83.7 cm³/mol. The van der Waals surface area contributed by atoms with Gasteiger partial charge in [-0.25, -0.2) is 13.1 Å². The van der Waals surface area contributed by atoms with Gasteiger partial charge < -0.3 is 10.2 Å². The van der Waals surface area contributed by atoms with Gasteiger partial charge in [0, 0.05) is 17.0 Å². The van der Waals surface area contributed by atoms with E-state index in [2.05, 4.69) is 4.72 Å². The van der Waals surface area contributed by atoms with Crippen molar-refractivity contribution in [2.24, 2.45) is 5.73 Å². The smallest absolute Gasteiger partial charge is 0.244 e. The molecule has 5 nitrogen and oxygen atoms in total. The van der Waals surface area contributed by atoms with Crippen LogP contribution >= 0.6 is 11.3 Å². The normalized spacial score (nSPS) is 13.5. The number of nitrogens with one attached hydrogen (secondary N) is 1. The summed E-state index contributed by atoms with van der Waals surface area (Å²) in [6.45, 7) is 5.46. The first-order valence-electron chi connectivity index (χ1n) is 6.75. The van der Waals surface area contributed by atoms with Gasteiger partial charge in [0.1, 0.15) is 16.4 Å². The summed E-state index contributed by atoms with van der Waals surface area (Å²) in [6.07, 6.45) is 0.674. The first-order valence-corrected chi connectivity index (χ1v) is 9.11. The van der Waals surface area contributed by atoms with Gasteiger partial charge in [-0.15, -0.1) is 11.3 Å². The Bertz CT molecular complexity index is 703. The molecule has 0 saturated carbocycles. The van der Waals surface area contributed by atoms with Gasteiger partial charge >= 0.3 is 0 Å². The van der Waals surface area contributed by atoms with E-state index in [0.717, 1.165) is 4.88 Å². The highest BCUT2D eigenvalue weighted by Gasteiger charge is 2.28. The molecule has 3 N–H and O–H groups in total. The van der Waals surface area contributed by atoms with E-state index in [1.165, 1.54) is 11.3 Å². The van der Waals surface area contributed by atoms with E-state index in [4.69, 9.17) is 10.2 Å². The van der Waals surface area contributed by atoms with Crippen molar-refractivity contribution < 1.29 is 12.8 Å². The molecule has 2 heterocycles. The average molecular weight is 328 g/mol. The minimum absolute atomic E-state index is 0.134. The lowest BCUT2D eigenvalue weighted by atomic mass is 10.2. The maximum atomic E-state index is 12.7. The number of hydrogen-bond acceptors (Lipinski definition) is 5. The Morgan fingerprint density at radius 3 is 2.62 bits per heavy atom. The van der Waals surface area contributed by atoms with E-state index in [1.54, 1.807) is 13.8 Å². The zero-order valence-electron chi connectivity index (χ0n) is 12.3. The molecule has 21 heavy (non-hydrogen) atoms. The van der Waals surface area contributed by atoms with Crippen LogP contribution < -0.4 is 10.5 Å². The summed E-state index contributed by atoms with van der Waals surface area (Å²) in [4.78, 5) is 1.17. The largest absolute Gasteiger partial charge is 0.465 e. The minimum Gasteiger partial charge on any atom is -0.465 e. The van der Waals surface area contributed by atoms with Crippen molar-refractivity contribution in [1.82, 2.24) is 4.72 Å². The summed E-state index contributed by atoms with van der Waals surface area (Å²) >= 11 is 1.54. The Morgan fingerprint density at radius 1 is 1.38 bits per heavy atom. The molecule has 116 valence electrons. The summed E-state index contributed by atoms with van der Waals surface area (Å²) in [5.41, 5.74) is 6.21. The summed E-state index contributed by atoms with van der Waals surface area (Å²) in [7, 11) is -3.67. The highest BCUT2D eigenvalue weighted by Crippen LogP contribution is 2.29.